The molecule has 0 atom stereocenters. The van der Waals surface area contributed by atoms with Crippen molar-refractivity contribution in [2.75, 3.05) is 0 Å². The van der Waals surface area contributed by atoms with Gasteiger partial charge in [-0.25, -0.2) is 5.43 Å². The van der Waals surface area contributed by atoms with Crippen LogP contribution in [0.1, 0.15) is 27.0 Å². The molecule has 0 aliphatic carbocycles. The fraction of sp³-hybridized carbons (Fsp3) is 0.0625. The van der Waals surface area contributed by atoms with Gasteiger partial charge in [0.05, 0.1) is 23.4 Å². The van der Waals surface area contributed by atoms with E-state index in [1.54, 1.807) is 0 Å². The van der Waals surface area contributed by atoms with E-state index in [0.29, 0.717) is 5.56 Å². The highest BCUT2D eigenvalue weighted by Crippen LogP contribution is 2.29. The number of hydrogen-bond acceptors (Lipinski definition) is 4. The SMILES string of the molecule is N#Cc1ccc(O)c(/C=N/NC(=O)c2ccc(C(F)(F)F)cc2)c1. The van der Waals surface area contributed by atoms with Crippen LogP contribution < -0.4 is 5.43 Å². The zero-order chi connectivity index (χ0) is 17.7. The summed E-state index contributed by atoms with van der Waals surface area (Å²) in [5.74, 6) is -0.850. The van der Waals surface area contributed by atoms with E-state index in [1.807, 2.05) is 6.07 Å². The van der Waals surface area contributed by atoms with Gasteiger partial charge in [0.25, 0.3) is 5.91 Å². The Labute approximate surface area is 134 Å². The highest BCUT2D eigenvalue weighted by atomic mass is 19.4. The molecule has 0 aromatic heterocycles. The number of aromatic hydroxyl groups is 1. The van der Waals surface area contributed by atoms with Crippen LogP contribution in [-0.4, -0.2) is 17.2 Å². The molecule has 24 heavy (non-hydrogen) atoms. The van der Waals surface area contributed by atoms with E-state index in [4.69, 9.17) is 5.26 Å². The van der Waals surface area contributed by atoms with Crippen molar-refractivity contribution in [3.8, 4) is 11.8 Å². The summed E-state index contributed by atoms with van der Waals surface area (Å²) in [5, 5.41) is 22.0. The number of nitrogens with one attached hydrogen (secondary N) is 1. The largest absolute Gasteiger partial charge is 0.507 e. The highest BCUT2D eigenvalue weighted by molar-refractivity contribution is 5.95. The first kappa shape index (κ1) is 17.0. The molecule has 0 fully saturated rings. The zero-order valence-electron chi connectivity index (χ0n) is 12.0. The van der Waals surface area contributed by atoms with Crippen LogP contribution in [0.15, 0.2) is 47.6 Å². The number of phenolic OH excluding ortho intramolecular Hbond substituents is 1. The second-order valence-electron chi connectivity index (χ2n) is 4.66. The van der Waals surface area contributed by atoms with Crippen molar-refractivity contribution in [2.24, 2.45) is 5.10 Å². The molecule has 0 saturated heterocycles. The number of carbonyl (C=O) groups excluding carboxylic acids is 1. The number of nitriles is 1. The smallest absolute Gasteiger partial charge is 0.416 e. The number of carbonyl (C=O) groups is 1. The number of benzene rings is 2. The summed E-state index contributed by atoms with van der Waals surface area (Å²) in [6.45, 7) is 0. The molecule has 0 aliphatic heterocycles. The minimum Gasteiger partial charge on any atom is -0.507 e. The lowest BCUT2D eigenvalue weighted by Crippen LogP contribution is -2.18. The molecule has 0 bridgehead atoms. The average molecular weight is 333 g/mol. The standard InChI is InChI=1S/C16H10F3N3O2/c17-16(18,19)13-4-2-11(3-5-13)15(24)22-21-9-12-7-10(8-20)1-6-14(12)23/h1-7,9,23H,(H,22,24)/b21-9+. The molecule has 0 radical (unpaired) electrons. The zero-order valence-corrected chi connectivity index (χ0v) is 12.0. The monoisotopic (exact) mass is 333 g/mol. The van der Waals surface area contributed by atoms with E-state index in [1.165, 1.54) is 18.2 Å². The molecule has 122 valence electrons. The van der Waals surface area contributed by atoms with Crippen molar-refractivity contribution in [1.29, 1.82) is 5.26 Å². The minimum atomic E-state index is -4.48. The normalized spacial score (nSPS) is 11.2. The van der Waals surface area contributed by atoms with Crippen molar-refractivity contribution in [3.63, 3.8) is 0 Å². The first-order valence-corrected chi connectivity index (χ1v) is 6.55. The number of rotatable bonds is 3. The maximum Gasteiger partial charge on any atom is 0.416 e. The molecular formula is C16H10F3N3O2. The van der Waals surface area contributed by atoms with Crippen molar-refractivity contribution < 1.29 is 23.1 Å². The summed E-state index contributed by atoms with van der Waals surface area (Å²) in [6.07, 6.45) is -3.35. The topological polar surface area (TPSA) is 85.5 Å². The molecule has 0 heterocycles. The lowest BCUT2D eigenvalue weighted by Gasteiger charge is -2.06. The molecule has 0 spiro atoms. The Kier molecular flexibility index (Phi) is 4.84. The molecule has 1 amide bonds. The fourth-order valence-corrected chi connectivity index (χ4v) is 1.76. The van der Waals surface area contributed by atoms with Gasteiger partial charge in [0.15, 0.2) is 0 Å². The van der Waals surface area contributed by atoms with Crippen LogP contribution in [0.5, 0.6) is 5.75 Å². The fourth-order valence-electron chi connectivity index (χ4n) is 1.76. The van der Waals surface area contributed by atoms with Crippen LogP contribution >= 0.6 is 0 Å². The summed E-state index contributed by atoms with van der Waals surface area (Å²) in [7, 11) is 0. The first-order valence-electron chi connectivity index (χ1n) is 6.55. The molecule has 8 heteroatoms. The Hall–Kier alpha value is -3.34. The molecule has 2 aromatic carbocycles. The van der Waals surface area contributed by atoms with Gasteiger partial charge in [-0.3, -0.25) is 4.79 Å². The number of phenols is 1. The molecule has 0 unspecified atom stereocenters. The molecule has 2 aromatic rings. The third-order valence-electron chi connectivity index (χ3n) is 3.00. The molecule has 2 N–H and O–H groups in total. The van der Waals surface area contributed by atoms with Gasteiger partial charge in [-0.15, -0.1) is 0 Å². The van der Waals surface area contributed by atoms with Gasteiger partial charge in [-0.1, -0.05) is 0 Å². The number of halogens is 3. The van der Waals surface area contributed by atoms with E-state index in [2.05, 4.69) is 10.5 Å². The summed E-state index contributed by atoms with van der Waals surface area (Å²) < 4.78 is 37.3. The van der Waals surface area contributed by atoms with Crippen LogP contribution in [0.4, 0.5) is 13.2 Å². The summed E-state index contributed by atoms with van der Waals surface area (Å²) in [6, 6.07) is 9.61. The Balaban J connectivity index is 2.07. The lowest BCUT2D eigenvalue weighted by atomic mass is 10.1. The van der Waals surface area contributed by atoms with Gasteiger partial charge < -0.3 is 5.11 Å². The number of amides is 1. The third-order valence-corrected chi connectivity index (χ3v) is 3.00. The highest BCUT2D eigenvalue weighted by Gasteiger charge is 2.30. The van der Waals surface area contributed by atoms with Crippen LogP contribution in [-0.2, 0) is 6.18 Å². The number of hydrazone groups is 1. The van der Waals surface area contributed by atoms with Gasteiger partial charge >= 0.3 is 6.18 Å². The molecule has 0 saturated carbocycles. The van der Waals surface area contributed by atoms with Gasteiger partial charge in [-0.05, 0) is 42.5 Å². The Morgan fingerprint density at radius 3 is 2.46 bits per heavy atom. The first-order chi connectivity index (χ1) is 11.3. The summed E-state index contributed by atoms with van der Waals surface area (Å²) in [4.78, 5) is 11.8. The second-order valence-corrected chi connectivity index (χ2v) is 4.66. The number of alkyl halides is 3. The van der Waals surface area contributed by atoms with Gasteiger partial charge in [-0.2, -0.15) is 23.5 Å². The van der Waals surface area contributed by atoms with E-state index < -0.39 is 17.6 Å². The van der Waals surface area contributed by atoms with Crippen LogP contribution in [0.3, 0.4) is 0 Å². The number of hydrogen-bond donors (Lipinski definition) is 2. The lowest BCUT2D eigenvalue weighted by molar-refractivity contribution is -0.137. The summed E-state index contributed by atoms with van der Waals surface area (Å²) in [5.41, 5.74) is 1.77. The maximum atomic E-state index is 12.4. The van der Waals surface area contributed by atoms with Crippen molar-refractivity contribution in [3.05, 3.63) is 64.7 Å². The van der Waals surface area contributed by atoms with Crippen LogP contribution in [0.2, 0.25) is 0 Å². The number of nitrogens with zero attached hydrogens (tertiary/aromatic N) is 2. The van der Waals surface area contributed by atoms with E-state index in [0.717, 1.165) is 30.5 Å². The molecular weight excluding hydrogens is 323 g/mol. The average Bonchev–Trinajstić information content (AvgIpc) is 2.55. The van der Waals surface area contributed by atoms with E-state index in [-0.39, 0.29) is 16.9 Å². The van der Waals surface area contributed by atoms with Gasteiger partial charge in [0.2, 0.25) is 0 Å². The van der Waals surface area contributed by atoms with E-state index >= 15 is 0 Å². The summed E-state index contributed by atoms with van der Waals surface area (Å²) >= 11 is 0. The minimum absolute atomic E-state index is 0.00449. The van der Waals surface area contributed by atoms with Crippen molar-refractivity contribution >= 4 is 12.1 Å². The van der Waals surface area contributed by atoms with Crippen LogP contribution in [0.25, 0.3) is 0 Å². The quantitative estimate of drug-likeness (QED) is 0.669. The van der Waals surface area contributed by atoms with Crippen LogP contribution in [0, 0.1) is 11.3 Å². The molecule has 5 nitrogen and oxygen atoms in total. The third kappa shape index (κ3) is 4.10. The molecule has 0 aliphatic rings. The molecule has 2 rings (SSSR count). The Morgan fingerprint density at radius 1 is 1.21 bits per heavy atom. The second kappa shape index (κ2) is 6.83. The van der Waals surface area contributed by atoms with Crippen molar-refractivity contribution in [2.45, 2.75) is 6.18 Å². The predicted molar refractivity (Wildman–Crippen MR) is 79.3 cm³/mol. The Bertz CT molecular complexity index is 822. The van der Waals surface area contributed by atoms with E-state index in [9.17, 15) is 23.1 Å². The Morgan fingerprint density at radius 2 is 1.88 bits per heavy atom. The maximum absolute atomic E-state index is 12.4. The van der Waals surface area contributed by atoms with Crippen molar-refractivity contribution in [1.82, 2.24) is 5.43 Å². The van der Waals surface area contributed by atoms with Gasteiger partial charge in [0, 0.05) is 11.1 Å². The van der Waals surface area contributed by atoms with Gasteiger partial charge in [0.1, 0.15) is 5.75 Å². The predicted octanol–water partition coefficient (Wildman–Crippen LogP) is 3.05.